The standard InChI is InChI=1S/C18H23N5/c1-14(2)10-22-7-6-16(11-22)12-23-13-18(20-21-23)17-5-3-4-15(8-17)9-19/h3-5,8,13-14,16H,6-7,10-12H2,1-2H3. The normalized spacial score (nSPS) is 18.4. The Morgan fingerprint density at radius 3 is 3.04 bits per heavy atom. The first-order valence-corrected chi connectivity index (χ1v) is 8.27. The lowest BCUT2D eigenvalue weighted by Gasteiger charge is -2.18. The van der Waals surface area contributed by atoms with Crippen molar-refractivity contribution in [1.29, 1.82) is 5.26 Å². The van der Waals surface area contributed by atoms with Crippen LogP contribution in [0.5, 0.6) is 0 Å². The molecule has 5 nitrogen and oxygen atoms in total. The third kappa shape index (κ3) is 3.96. The van der Waals surface area contributed by atoms with Crippen LogP contribution in [0.3, 0.4) is 0 Å². The van der Waals surface area contributed by atoms with Crippen LogP contribution < -0.4 is 0 Å². The van der Waals surface area contributed by atoms with Gasteiger partial charge in [-0.15, -0.1) is 5.10 Å². The van der Waals surface area contributed by atoms with Crippen molar-refractivity contribution in [2.24, 2.45) is 11.8 Å². The van der Waals surface area contributed by atoms with Crippen molar-refractivity contribution >= 4 is 0 Å². The van der Waals surface area contributed by atoms with Crippen molar-refractivity contribution in [1.82, 2.24) is 19.9 Å². The van der Waals surface area contributed by atoms with Crippen molar-refractivity contribution in [3.8, 4) is 17.3 Å². The molecule has 5 heteroatoms. The van der Waals surface area contributed by atoms with Crippen LogP contribution in [0.2, 0.25) is 0 Å². The molecule has 1 atom stereocenters. The summed E-state index contributed by atoms with van der Waals surface area (Å²) in [5, 5.41) is 17.5. The van der Waals surface area contributed by atoms with E-state index in [-0.39, 0.29) is 0 Å². The summed E-state index contributed by atoms with van der Waals surface area (Å²) in [6, 6.07) is 9.67. The lowest BCUT2D eigenvalue weighted by Crippen LogP contribution is -2.26. The molecular formula is C18H23N5. The molecule has 0 radical (unpaired) electrons. The first-order chi connectivity index (χ1) is 11.1. The molecule has 0 aliphatic carbocycles. The second-order valence-corrected chi connectivity index (χ2v) is 6.83. The van der Waals surface area contributed by atoms with Gasteiger partial charge in [0.2, 0.25) is 0 Å². The predicted molar refractivity (Wildman–Crippen MR) is 89.6 cm³/mol. The van der Waals surface area contributed by atoms with E-state index in [4.69, 9.17) is 5.26 Å². The summed E-state index contributed by atoms with van der Waals surface area (Å²) in [5.74, 6) is 1.37. The predicted octanol–water partition coefficient (Wildman–Crippen LogP) is 2.79. The number of hydrogen-bond donors (Lipinski definition) is 0. The molecule has 120 valence electrons. The van der Waals surface area contributed by atoms with Gasteiger partial charge in [0.1, 0.15) is 5.69 Å². The van der Waals surface area contributed by atoms with Gasteiger partial charge >= 0.3 is 0 Å². The summed E-state index contributed by atoms with van der Waals surface area (Å²) in [6.45, 7) is 8.98. The lowest BCUT2D eigenvalue weighted by molar-refractivity contribution is 0.280. The second-order valence-electron chi connectivity index (χ2n) is 6.83. The largest absolute Gasteiger partial charge is 0.303 e. The maximum atomic E-state index is 9.00. The molecule has 0 saturated carbocycles. The number of nitriles is 1. The Bertz CT molecular complexity index is 697. The SMILES string of the molecule is CC(C)CN1CCC(Cn2cc(-c3cccc(C#N)c3)nn2)C1. The fourth-order valence-corrected chi connectivity index (χ4v) is 3.28. The van der Waals surface area contributed by atoms with Crippen LogP contribution >= 0.6 is 0 Å². The van der Waals surface area contributed by atoms with Crippen LogP contribution in [0.1, 0.15) is 25.8 Å². The molecule has 1 fully saturated rings. The zero-order chi connectivity index (χ0) is 16.2. The monoisotopic (exact) mass is 309 g/mol. The second kappa shape index (κ2) is 6.93. The molecule has 3 rings (SSSR count). The topological polar surface area (TPSA) is 57.7 Å². The molecule has 0 bridgehead atoms. The van der Waals surface area contributed by atoms with Crippen molar-refractivity contribution in [2.45, 2.75) is 26.8 Å². The molecule has 1 saturated heterocycles. The Morgan fingerprint density at radius 2 is 2.26 bits per heavy atom. The maximum Gasteiger partial charge on any atom is 0.113 e. The molecule has 0 spiro atoms. The first kappa shape index (κ1) is 15.7. The quantitative estimate of drug-likeness (QED) is 0.852. The number of rotatable bonds is 5. The Hall–Kier alpha value is -2.19. The van der Waals surface area contributed by atoms with Crippen LogP contribution in [-0.2, 0) is 6.54 Å². The van der Waals surface area contributed by atoms with Gasteiger partial charge < -0.3 is 4.90 Å². The van der Waals surface area contributed by atoms with Gasteiger partial charge in [0.25, 0.3) is 0 Å². The molecule has 2 heterocycles. The van der Waals surface area contributed by atoms with E-state index in [1.807, 2.05) is 29.1 Å². The van der Waals surface area contributed by atoms with Gasteiger partial charge in [0, 0.05) is 25.2 Å². The first-order valence-electron chi connectivity index (χ1n) is 8.27. The van der Waals surface area contributed by atoms with Crippen LogP contribution in [0.4, 0.5) is 0 Å². The summed E-state index contributed by atoms with van der Waals surface area (Å²) in [5.41, 5.74) is 2.43. The van der Waals surface area contributed by atoms with Crippen LogP contribution in [0, 0.1) is 23.2 Å². The summed E-state index contributed by atoms with van der Waals surface area (Å²) in [4.78, 5) is 2.55. The molecule has 0 amide bonds. The van der Waals surface area contributed by atoms with Crippen molar-refractivity contribution in [3.05, 3.63) is 36.0 Å². The van der Waals surface area contributed by atoms with Crippen molar-refractivity contribution < 1.29 is 0 Å². The zero-order valence-corrected chi connectivity index (χ0v) is 13.8. The average molecular weight is 309 g/mol. The van der Waals surface area contributed by atoms with E-state index in [1.165, 1.54) is 19.5 Å². The smallest absolute Gasteiger partial charge is 0.113 e. The Labute approximate surface area is 137 Å². The third-order valence-electron chi connectivity index (χ3n) is 4.26. The minimum Gasteiger partial charge on any atom is -0.303 e. The Morgan fingerprint density at radius 1 is 1.39 bits per heavy atom. The Balaban J connectivity index is 1.63. The van der Waals surface area contributed by atoms with Gasteiger partial charge in [-0.25, -0.2) is 0 Å². The number of nitrogens with zero attached hydrogens (tertiary/aromatic N) is 5. The lowest BCUT2D eigenvalue weighted by atomic mass is 10.1. The number of likely N-dealkylation sites (tertiary alicyclic amines) is 1. The fourth-order valence-electron chi connectivity index (χ4n) is 3.28. The number of hydrogen-bond acceptors (Lipinski definition) is 4. The van der Waals surface area contributed by atoms with E-state index < -0.39 is 0 Å². The molecular weight excluding hydrogens is 286 g/mol. The van der Waals surface area contributed by atoms with E-state index in [2.05, 4.69) is 35.1 Å². The van der Waals surface area contributed by atoms with Gasteiger partial charge in [0.15, 0.2) is 0 Å². The minimum atomic E-state index is 0.647. The molecule has 1 aromatic carbocycles. The maximum absolute atomic E-state index is 9.00. The van der Waals surface area contributed by atoms with Crippen LogP contribution in [-0.4, -0.2) is 39.5 Å². The highest BCUT2D eigenvalue weighted by Crippen LogP contribution is 2.21. The minimum absolute atomic E-state index is 0.647. The molecule has 0 N–H and O–H groups in total. The van der Waals surface area contributed by atoms with Gasteiger partial charge in [-0.1, -0.05) is 31.2 Å². The van der Waals surface area contributed by atoms with E-state index >= 15 is 0 Å². The van der Waals surface area contributed by atoms with Gasteiger partial charge in [-0.05, 0) is 36.9 Å². The molecule has 1 aromatic heterocycles. The van der Waals surface area contributed by atoms with E-state index in [0.717, 1.165) is 30.3 Å². The highest BCUT2D eigenvalue weighted by atomic mass is 15.4. The van der Waals surface area contributed by atoms with E-state index in [9.17, 15) is 0 Å². The Kier molecular flexibility index (Phi) is 4.73. The molecule has 1 aliphatic heterocycles. The highest BCUT2D eigenvalue weighted by Gasteiger charge is 2.23. The summed E-state index contributed by atoms with van der Waals surface area (Å²) in [6.07, 6.45) is 3.22. The number of aromatic nitrogens is 3. The van der Waals surface area contributed by atoms with E-state index in [0.29, 0.717) is 11.5 Å². The summed E-state index contributed by atoms with van der Waals surface area (Å²) in [7, 11) is 0. The zero-order valence-electron chi connectivity index (χ0n) is 13.8. The fraction of sp³-hybridized carbons (Fsp3) is 0.500. The van der Waals surface area contributed by atoms with E-state index in [1.54, 1.807) is 6.07 Å². The van der Waals surface area contributed by atoms with Crippen LogP contribution in [0.15, 0.2) is 30.5 Å². The molecule has 1 unspecified atom stereocenters. The molecule has 1 aliphatic rings. The molecule has 23 heavy (non-hydrogen) atoms. The molecule has 2 aromatic rings. The van der Waals surface area contributed by atoms with Crippen molar-refractivity contribution in [3.63, 3.8) is 0 Å². The third-order valence-corrected chi connectivity index (χ3v) is 4.26. The van der Waals surface area contributed by atoms with Gasteiger partial charge in [0.05, 0.1) is 17.8 Å². The number of benzene rings is 1. The van der Waals surface area contributed by atoms with Crippen LogP contribution in [0.25, 0.3) is 11.3 Å². The average Bonchev–Trinajstić information content (AvgIpc) is 3.17. The highest BCUT2D eigenvalue weighted by molar-refractivity contribution is 5.60. The summed E-state index contributed by atoms with van der Waals surface area (Å²) >= 11 is 0. The summed E-state index contributed by atoms with van der Waals surface area (Å²) < 4.78 is 1.94. The van der Waals surface area contributed by atoms with Crippen molar-refractivity contribution in [2.75, 3.05) is 19.6 Å². The van der Waals surface area contributed by atoms with Gasteiger partial charge in [-0.3, -0.25) is 4.68 Å². The van der Waals surface area contributed by atoms with Gasteiger partial charge in [-0.2, -0.15) is 5.26 Å².